The normalized spacial score (nSPS) is 25.0. The van der Waals surface area contributed by atoms with Gasteiger partial charge in [-0.3, -0.25) is 4.79 Å². The molecule has 1 saturated carbocycles. The lowest BCUT2D eigenvalue weighted by Gasteiger charge is -2.13. The van der Waals surface area contributed by atoms with E-state index in [0.717, 1.165) is 12.1 Å². The number of hydrogen-bond acceptors (Lipinski definition) is 4. The van der Waals surface area contributed by atoms with E-state index in [-0.39, 0.29) is 24.1 Å². The Labute approximate surface area is 124 Å². The van der Waals surface area contributed by atoms with E-state index in [0.29, 0.717) is 12.8 Å². The summed E-state index contributed by atoms with van der Waals surface area (Å²) in [4.78, 5) is 12.0. The second-order valence-corrected chi connectivity index (χ2v) is 5.22. The molecule has 0 saturated heterocycles. The van der Waals surface area contributed by atoms with Crippen LogP contribution in [0.2, 0.25) is 0 Å². The molecular formula is C14H16F3NO4. The second-order valence-electron chi connectivity index (χ2n) is 5.22. The number of rotatable bonds is 4. The summed E-state index contributed by atoms with van der Waals surface area (Å²) in [5.74, 6) is -1.12. The van der Waals surface area contributed by atoms with Gasteiger partial charge in [0.1, 0.15) is 5.75 Å². The van der Waals surface area contributed by atoms with Crippen LogP contribution in [0.15, 0.2) is 24.3 Å². The van der Waals surface area contributed by atoms with Crippen LogP contribution in [0.3, 0.4) is 0 Å². The van der Waals surface area contributed by atoms with Crippen LogP contribution in [0.5, 0.6) is 5.75 Å². The van der Waals surface area contributed by atoms with Gasteiger partial charge in [0.15, 0.2) is 0 Å². The smallest absolute Gasteiger partial charge is 0.406 e. The molecule has 1 aliphatic rings. The van der Waals surface area contributed by atoms with Crippen molar-refractivity contribution in [3.8, 4) is 5.75 Å². The Kier molecular flexibility index (Phi) is 4.92. The number of ether oxygens (including phenoxy) is 1. The number of halogens is 3. The summed E-state index contributed by atoms with van der Waals surface area (Å²) in [6.45, 7) is -0.156. The van der Waals surface area contributed by atoms with Gasteiger partial charge in [-0.15, -0.1) is 13.2 Å². The van der Waals surface area contributed by atoms with Crippen molar-refractivity contribution >= 4 is 5.91 Å². The maximum atomic E-state index is 12.0. The SMILES string of the molecule is O=C(N[C@H]1C[C@H](CO)[C@@H](O)C1)c1ccc(OC(F)(F)F)cc1. The molecule has 0 unspecified atom stereocenters. The minimum absolute atomic E-state index is 0.156. The number of benzene rings is 1. The van der Waals surface area contributed by atoms with E-state index in [1.54, 1.807) is 0 Å². The quantitative estimate of drug-likeness (QED) is 0.785. The van der Waals surface area contributed by atoms with Gasteiger partial charge in [0, 0.05) is 24.1 Å². The first-order chi connectivity index (χ1) is 10.3. The van der Waals surface area contributed by atoms with Crippen LogP contribution < -0.4 is 10.1 Å². The largest absolute Gasteiger partial charge is 0.573 e. The van der Waals surface area contributed by atoms with Crippen LogP contribution in [0, 0.1) is 5.92 Å². The van der Waals surface area contributed by atoms with E-state index in [1.807, 2.05) is 0 Å². The summed E-state index contributed by atoms with van der Waals surface area (Å²) in [6, 6.07) is 4.30. The highest BCUT2D eigenvalue weighted by atomic mass is 19.4. The molecule has 1 amide bonds. The summed E-state index contributed by atoms with van der Waals surface area (Å²) >= 11 is 0. The number of hydrogen-bond donors (Lipinski definition) is 3. The summed E-state index contributed by atoms with van der Waals surface area (Å²) in [5.41, 5.74) is 0.191. The molecule has 0 heterocycles. The van der Waals surface area contributed by atoms with Crippen molar-refractivity contribution in [3.63, 3.8) is 0 Å². The molecule has 1 fully saturated rings. The van der Waals surface area contributed by atoms with Crippen molar-refractivity contribution in [1.82, 2.24) is 5.32 Å². The monoisotopic (exact) mass is 319 g/mol. The molecule has 0 aromatic heterocycles. The lowest BCUT2D eigenvalue weighted by atomic mass is 10.1. The number of alkyl halides is 3. The van der Waals surface area contributed by atoms with E-state index < -0.39 is 24.1 Å². The van der Waals surface area contributed by atoms with Gasteiger partial charge in [0.05, 0.1) is 6.10 Å². The van der Waals surface area contributed by atoms with Crippen LogP contribution in [0.1, 0.15) is 23.2 Å². The molecule has 8 heteroatoms. The molecule has 3 atom stereocenters. The van der Waals surface area contributed by atoms with Crippen molar-refractivity contribution in [2.75, 3.05) is 6.61 Å². The molecule has 5 nitrogen and oxygen atoms in total. The first-order valence-electron chi connectivity index (χ1n) is 6.74. The maximum Gasteiger partial charge on any atom is 0.573 e. The summed E-state index contributed by atoms with van der Waals surface area (Å²) in [5, 5.41) is 21.4. The zero-order valence-corrected chi connectivity index (χ0v) is 11.5. The minimum atomic E-state index is -4.77. The molecule has 2 rings (SSSR count). The number of carbonyl (C=O) groups excluding carboxylic acids is 1. The summed E-state index contributed by atoms with van der Waals surface area (Å²) in [7, 11) is 0. The maximum absolute atomic E-state index is 12.0. The molecule has 1 aliphatic carbocycles. The Morgan fingerprint density at radius 3 is 2.41 bits per heavy atom. The van der Waals surface area contributed by atoms with E-state index >= 15 is 0 Å². The van der Waals surface area contributed by atoms with E-state index in [2.05, 4.69) is 10.1 Å². The third kappa shape index (κ3) is 4.35. The third-order valence-electron chi connectivity index (χ3n) is 3.58. The van der Waals surface area contributed by atoms with Gasteiger partial charge < -0.3 is 20.3 Å². The fourth-order valence-electron chi connectivity index (χ4n) is 2.49. The molecule has 3 N–H and O–H groups in total. The standard InChI is InChI=1S/C14H16F3NO4/c15-14(16,17)22-11-3-1-8(2-4-11)13(21)18-10-5-9(7-19)12(20)6-10/h1-4,9-10,12,19-20H,5-7H2,(H,18,21)/t9-,10+,12+/m1/s1. The van der Waals surface area contributed by atoms with E-state index in [4.69, 9.17) is 5.11 Å². The molecule has 1 aromatic rings. The van der Waals surface area contributed by atoms with Crippen LogP contribution in [-0.4, -0.2) is 41.2 Å². The Morgan fingerprint density at radius 1 is 1.27 bits per heavy atom. The molecule has 0 spiro atoms. The highest BCUT2D eigenvalue weighted by Crippen LogP contribution is 2.26. The molecule has 122 valence electrons. The molecule has 1 aromatic carbocycles. The zero-order chi connectivity index (χ0) is 16.3. The summed E-state index contributed by atoms with van der Waals surface area (Å²) < 4.78 is 39.8. The Morgan fingerprint density at radius 2 is 1.91 bits per heavy atom. The van der Waals surface area contributed by atoms with Crippen molar-refractivity contribution < 1.29 is 32.9 Å². The number of aliphatic hydroxyl groups is 2. The second kappa shape index (κ2) is 6.53. The van der Waals surface area contributed by atoms with Crippen molar-refractivity contribution in [1.29, 1.82) is 0 Å². The molecule has 22 heavy (non-hydrogen) atoms. The van der Waals surface area contributed by atoms with Crippen LogP contribution >= 0.6 is 0 Å². The Bertz CT molecular complexity index is 518. The van der Waals surface area contributed by atoms with Gasteiger partial charge in [-0.2, -0.15) is 0 Å². The van der Waals surface area contributed by atoms with Gasteiger partial charge in [-0.25, -0.2) is 0 Å². The highest BCUT2D eigenvalue weighted by molar-refractivity contribution is 5.94. The minimum Gasteiger partial charge on any atom is -0.406 e. The van der Waals surface area contributed by atoms with Crippen molar-refractivity contribution in [2.45, 2.75) is 31.3 Å². The van der Waals surface area contributed by atoms with Crippen LogP contribution in [0.25, 0.3) is 0 Å². The fourth-order valence-corrected chi connectivity index (χ4v) is 2.49. The molecule has 0 radical (unpaired) electrons. The molecular weight excluding hydrogens is 303 g/mol. The predicted octanol–water partition coefficient (Wildman–Crippen LogP) is 1.45. The van der Waals surface area contributed by atoms with Crippen molar-refractivity contribution in [3.05, 3.63) is 29.8 Å². The van der Waals surface area contributed by atoms with E-state index in [1.165, 1.54) is 12.1 Å². The van der Waals surface area contributed by atoms with Crippen LogP contribution in [-0.2, 0) is 0 Å². The lowest BCUT2D eigenvalue weighted by molar-refractivity contribution is -0.274. The average Bonchev–Trinajstić information content (AvgIpc) is 2.77. The van der Waals surface area contributed by atoms with Gasteiger partial charge in [-0.1, -0.05) is 0 Å². The number of nitrogens with one attached hydrogen (secondary N) is 1. The average molecular weight is 319 g/mol. The fraction of sp³-hybridized carbons (Fsp3) is 0.500. The lowest BCUT2D eigenvalue weighted by Crippen LogP contribution is -2.33. The first-order valence-corrected chi connectivity index (χ1v) is 6.74. The van der Waals surface area contributed by atoms with Crippen LogP contribution in [0.4, 0.5) is 13.2 Å². The van der Waals surface area contributed by atoms with Gasteiger partial charge in [0.2, 0.25) is 0 Å². The highest BCUT2D eigenvalue weighted by Gasteiger charge is 2.33. The topological polar surface area (TPSA) is 78.8 Å². The number of aliphatic hydroxyl groups excluding tert-OH is 2. The molecule has 0 aliphatic heterocycles. The number of amides is 1. The van der Waals surface area contributed by atoms with E-state index in [9.17, 15) is 23.1 Å². The summed E-state index contributed by atoms with van der Waals surface area (Å²) in [6.07, 6.45) is -4.65. The number of carbonyl (C=O) groups is 1. The Hall–Kier alpha value is -1.80. The Balaban J connectivity index is 1.93. The van der Waals surface area contributed by atoms with Gasteiger partial charge >= 0.3 is 6.36 Å². The van der Waals surface area contributed by atoms with Gasteiger partial charge in [0.25, 0.3) is 5.91 Å². The third-order valence-corrected chi connectivity index (χ3v) is 3.58. The van der Waals surface area contributed by atoms with Gasteiger partial charge in [-0.05, 0) is 37.1 Å². The van der Waals surface area contributed by atoms with Crippen molar-refractivity contribution in [2.24, 2.45) is 5.92 Å². The first kappa shape index (κ1) is 16.6. The molecule has 0 bridgehead atoms. The predicted molar refractivity (Wildman–Crippen MR) is 70.2 cm³/mol. The zero-order valence-electron chi connectivity index (χ0n) is 11.5.